The standard InChI is InChI=1S/C23H38FNO2.Na.H/c1-2-3-4-5-6-7-8-9-10-11-12-13-14-15-18-25-20-16-17-21(23(26)27)22(24)19-20;;/h16-17,19,25H,2-15,18H2,1H3,(H,26,27);;/q;+1;-1. The molecule has 2 N–H and O–H groups in total. The molecule has 0 unspecified atom stereocenters. The third-order valence-corrected chi connectivity index (χ3v) is 5.06. The maximum Gasteiger partial charge on any atom is 1.00 e. The molecule has 3 nitrogen and oxygen atoms in total. The first kappa shape index (κ1) is 27.4. The number of nitrogens with one attached hydrogen (secondary N) is 1. The molecule has 0 saturated carbocycles. The molecule has 0 aliphatic heterocycles. The summed E-state index contributed by atoms with van der Waals surface area (Å²) in [5.74, 6) is -1.92. The van der Waals surface area contributed by atoms with Gasteiger partial charge in [0, 0.05) is 12.2 Å². The largest absolute Gasteiger partial charge is 1.00 e. The van der Waals surface area contributed by atoms with Crippen LogP contribution in [-0.4, -0.2) is 17.6 Å². The van der Waals surface area contributed by atoms with E-state index in [4.69, 9.17) is 5.11 Å². The zero-order chi connectivity index (χ0) is 19.7. The fraction of sp³-hybridized carbons (Fsp3) is 0.696. The molecule has 1 aromatic carbocycles. The Hall–Kier alpha value is -0.580. The summed E-state index contributed by atoms with van der Waals surface area (Å²) < 4.78 is 13.6. The first-order chi connectivity index (χ1) is 13.1. The first-order valence-electron chi connectivity index (χ1n) is 10.9. The smallest absolute Gasteiger partial charge is 1.00 e. The minimum atomic E-state index is -1.23. The average molecular weight is 404 g/mol. The Labute approximate surface area is 194 Å². The summed E-state index contributed by atoms with van der Waals surface area (Å²) in [7, 11) is 0. The van der Waals surface area contributed by atoms with Crippen LogP contribution in [0.3, 0.4) is 0 Å². The number of anilines is 1. The molecule has 0 aliphatic rings. The van der Waals surface area contributed by atoms with Crippen molar-refractivity contribution in [2.45, 2.75) is 96.8 Å². The SMILES string of the molecule is CCCCCCCCCCCCCCCCNc1ccc(C(=O)O)c(F)c1.[H-].[Na+]. The van der Waals surface area contributed by atoms with Gasteiger partial charge in [-0.2, -0.15) is 0 Å². The zero-order valence-corrected chi connectivity index (χ0v) is 20.1. The van der Waals surface area contributed by atoms with Gasteiger partial charge in [-0.1, -0.05) is 90.4 Å². The van der Waals surface area contributed by atoms with Gasteiger partial charge in [0.2, 0.25) is 0 Å². The van der Waals surface area contributed by atoms with Gasteiger partial charge in [0.15, 0.2) is 0 Å². The first-order valence-corrected chi connectivity index (χ1v) is 10.9. The Morgan fingerprint density at radius 1 is 0.893 bits per heavy atom. The number of halogens is 1. The number of rotatable bonds is 17. The van der Waals surface area contributed by atoms with Crippen LogP contribution in [0, 0.1) is 5.82 Å². The molecule has 0 saturated heterocycles. The van der Waals surface area contributed by atoms with Crippen molar-refractivity contribution in [1.29, 1.82) is 0 Å². The Morgan fingerprint density at radius 2 is 1.36 bits per heavy atom. The summed E-state index contributed by atoms with van der Waals surface area (Å²) in [5, 5.41) is 12.0. The number of hydrogen-bond acceptors (Lipinski definition) is 2. The maximum atomic E-state index is 13.6. The van der Waals surface area contributed by atoms with E-state index in [0.717, 1.165) is 13.0 Å². The van der Waals surface area contributed by atoms with E-state index in [0.29, 0.717) is 5.69 Å². The van der Waals surface area contributed by atoms with Crippen molar-refractivity contribution in [3.63, 3.8) is 0 Å². The van der Waals surface area contributed by atoms with Gasteiger partial charge in [-0.05, 0) is 24.6 Å². The number of carboxylic acid groups (broad SMARTS) is 1. The Kier molecular flexibility index (Phi) is 18.1. The van der Waals surface area contributed by atoms with Crippen molar-refractivity contribution in [3.05, 3.63) is 29.6 Å². The molecule has 0 fully saturated rings. The molecule has 0 radical (unpaired) electrons. The van der Waals surface area contributed by atoms with E-state index in [1.165, 1.54) is 95.6 Å². The van der Waals surface area contributed by atoms with Gasteiger partial charge in [-0.15, -0.1) is 0 Å². The van der Waals surface area contributed by atoms with E-state index < -0.39 is 11.8 Å². The second kappa shape index (κ2) is 18.4. The molecule has 156 valence electrons. The van der Waals surface area contributed by atoms with Gasteiger partial charge in [-0.3, -0.25) is 0 Å². The number of carbonyl (C=O) groups is 1. The molecular formula is C23H39FNNaO2. The summed E-state index contributed by atoms with van der Waals surface area (Å²) >= 11 is 0. The molecule has 0 spiro atoms. The van der Waals surface area contributed by atoms with Gasteiger partial charge < -0.3 is 11.8 Å². The third-order valence-electron chi connectivity index (χ3n) is 5.06. The van der Waals surface area contributed by atoms with Crippen LogP contribution in [0.25, 0.3) is 0 Å². The molecule has 1 rings (SSSR count). The fourth-order valence-corrected chi connectivity index (χ4v) is 3.35. The van der Waals surface area contributed by atoms with E-state index in [1.54, 1.807) is 6.07 Å². The van der Waals surface area contributed by atoms with E-state index in [1.807, 2.05) is 0 Å². The molecule has 0 aliphatic carbocycles. The monoisotopic (exact) mass is 403 g/mol. The number of carboxylic acids is 1. The predicted octanol–water partition coefficient (Wildman–Crippen LogP) is 4.53. The summed E-state index contributed by atoms with van der Waals surface area (Å²) in [6.07, 6.45) is 18.6. The molecule has 1 aromatic rings. The van der Waals surface area contributed by atoms with Crippen LogP contribution in [0.1, 0.15) is 109 Å². The van der Waals surface area contributed by atoms with Crippen LogP contribution in [-0.2, 0) is 0 Å². The van der Waals surface area contributed by atoms with Crippen LogP contribution in [0.4, 0.5) is 10.1 Å². The molecule has 5 heteroatoms. The quantitative estimate of drug-likeness (QED) is 0.297. The minimum Gasteiger partial charge on any atom is -1.00 e. The van der Waals surface area contributed by atoms with Crippen LogP contribution in [0.5, 0.6) is 0 Å². The number of benzene rings is 1. The normalized spacial score (nSPS) is 10.5. The molecule has 28 heavy (non-hydrogen) atoms. The second-order valence-corrected chi connectivity index (χ2v) is 7.52. The average Bonchev–Trinajstić information content (AvgIpc) is 2.64. The number of hydrogen-bond donors (Lipinski definition) is 2. The predicted molar refractivity (Wildman–Crippen MR) is 113 cm³/mol. The van der Waals surface area contributed by atoms with Crippen LogP contribution in [0.2, 0.25) is 0 Å². The van der Waals surface area contributed by atoms with Gasteiger partial charge >= 0.3 is 35.5 Å². The summed E-state index contributed by atoms with van der Waals surface area (Å²) in [5.41, 5.74) is 0.365. The molecule has 0 aromatic heterocycles. The number of unbranched alkanes of at least 4 members (excludes halogenated alkanes) is 13. The second-order valence-electron chi connectivity index (χ2n) is 7.52. The summed E-state index contributed by atoms with van der Waals surface area (Å²) in [4.78, 5) is 10.8. The zero-order valence-electron chi connectivity index (χ0n) is 19.1. The van der Waals surface area contributed by atoms with Crippen molar-refractivity contribution in [2.24, 2.45) is 0 Å². The number of aromatic carboxylic acids is 1. The van der Waals surface area contributed by atoms with Crippen molar-refractivity contribution in [3.8, 4) is 0 Å². The van der Waals surface area contributed by atoms with Crippen LogP contribution >= 0.6 is 0 Å². The summed E-state index contributed by atoms with van der Waals surface area (Å²) in [6.45, 7) is 3.06. The molecule has 0 heterocycles. The Balaban J connectivity index is 0. The van der Waals surface area contributed by atoms with Crippen LogP contribution in [0.15, 0.2) is 18.2 Å². The molecule has 0 atom stereocenters. The van der Waals surface area contributed by atoms with E-state index in [-0.39, 0.29) is 36.5 Å². The van der Waals surface area contributed by atoms with Crippen molar-refractivity contribution in [1.82, 2.24) is 0 Å². The van der Waals surface area contributed by atoms with E-state index in [2.05, 4.69) is 12.2 Å². The fourth-order valence-electron chi connectivity index (χ4n) is 3.35. The van der Waals surface area contributed by atoms with E-state index >= 15 is 0 Å². The van der Waals surface area contributed by atoms with Gasteiger partial charge in [0.25, 0.3) is 0 Å². The topological polar surface area (TPSA) is 49.3 Å². The minimum absolute atomic E-state index is 0. The molecular weight excluding hydrogens is 364 g/mol. The van der Waals surface area contributed by atoms with Gasteiger partial charge in [0.1, 0.15) is 5.82 Å². The van der Waals surface area contributed by atoms with E-state index in [9.17, 15) is 9.18 Å². The van der Waals surface area contributed by atoms with Crippen molar-refractivity contribution < 1.29 is 45.3 Å². The van der Waals surface area contributed by atoms with Crippen molar-refractivity contribution in [2.75, 3.05) is 11.9 Å². The van der Waals surface area contributed by atoms with Gasteiger partial charge in [-0.25, -0.2) is 9.18 Å². The summed E-state index contributed by atoms with van der Waals surface area (Å²) in [6, 6.07) is 4.19. The van der Waals surface area contributed by atoms with Gasteiger partial charge in [0.05, 0.1) is 5.56 Å². The molecule has 0 bridgehead atoms. The maximum absolute atomic E-state index is 13.6. The van der Waals surface area contributed by atoms with Crippen molar-refractivity contribution >= 4 is 11.7 Å². The molecule has 0 amide bonds. The Morgan fingerprint density at radius 3 is 1.79 bits per heavy atom. The van der Waals surface area contributed by atoms with Crippen LogP contribution < -0.4 is 34.9 Å². The third kappa shape index (κ3) is 13.6. The Bertz CT molecular complexity index is 532.